The van der Waals surface area contributed by atoms with E-state index in [0.29, 0.717) is 0 Å². The lowest BCUT2D eigenvalue weighted by Gasteiger charge is -2.16. The first-order chi connectivity index (χ1) is 11.4. The molecule has 1 nitrogen and oxygen atoms in total. The molecule has 1 unspecified atom stereocenters. The first-order valence-electron chi connectivity index (χ1n) is 7.83. The molecule has 4 rings (SSSR count). The van der Waals surface area contributed by atoms with Crippen LogP contribution in [-0.2, 0) is 0 Å². The average Bonchev–Trinajstić information content (AvgIpc) is 2.62. The predicted molar refractivity (Wildman–Crippen MR) is 105 cm³/mol. The second-order valence-electron chi connectivity index (χ2n) is 5.72. The van der Waals surface area contributed by atoms with Crippen molar-refractivity contribution >= 4 is 34.2 Å². The van der Waals surface area contributed by atoms with Gasteiger partial charge in [0.15, 0.2) is 0 Å². The summed E-state index contributed by atoms with van der Waals surface area (Å²) in [4.78, 5) is 4.81. The van der Waals surface area contributed by atoms with Gasteiger partial charge in [-0.3, -0.25) is 0 Å². The van der Waals surface area contributed by atoms with E-state index in [1.165, 1.54) is 21.9 Å². The lowest BCUT2D eigenvalue weighted by atomic mass is 9.88. The molecule has 3 aromatic carbocycles. The lowest BCUT2D eigenvalue weighted by molar-refractivity contribution is 1.04. The van der Waals surface area contributed by atoms with Crippen molar-refractivity contribution in [1.82, 2.24) is 4.98 Å². The van der Waals surface area contributed by atoms with Gasteiger partial charge in [-0.15, -0.1) is 19.0 Å². The number of allylic oxidation sites excluding steroid dienone is 1. The van der Waals surface area contributed by atoms with Gasteiger partial charge in [0, 0.05) is 16.7 Å². The van der Waals surface area contributed by atoms with Crippen molar-refractivity contribution in [2.75, 3.05) is 0 Å². The summed E-state index contributed by atoms with van der Waals surface area (Å²) in [7, 11) is 0. The fourth-order valence-electron chi connectivity index (χ4n) is 3.20. The number of rotatable bonds is 3. The van der Waals surface area contributed by atoms with E-state index in [-0.39, 0.29) is 18.3 Å². The van der Waals surface area contributed by atoms with Gasteiger partial charge in [0.1, 0.15) is 0 Å². The Bertz CT molecular complexity index is 992. The maximum absolute atomic E-state index is 4.81. The van der Waals surface area contributed by atoms with Crippen molar-refractivity contribution in [2.45, 2.75) is 5.92 Å². The third kappa shape index (κ3) is 2.79. The standard InChI is InChI=1S/C22H17N.ClH/c1-2-18(16-9-4-3-5-10-16)19-12-8-14-22-20(19)15-17-11-6-7-13-21(17)23-22;/h2-15,18H,1H2;1H. The van der Waals surface area contributed by atoms with Crippen LogP contribution in [0.25, 0.3) is 21.8 Å². The Balaban J connectivity index is 0.00000169. The molecule has 2 heteroatoms. The SMILES string of the molecule is C=CC(c1ccccc1)c1cccc2nc3ccccc3cc12.Cl. The van der Waals surface area contributed by atoms with E-state index in [0.717, 1.165) is 11.0 Å². The van der Waals surface area contributed by atoms with Crippen molar-refractivity contribution in [2.24, 2.45) is 0 Å². The molecule has 0 radical (unpaired) electrons. The van der Waals surface area contributed by atoms with Crippen LogP contribution in [0.2, 0.25) is 0 Å². The van der Waals surface area contributed by atoms with Crippen LogP contribution >= 0.6 is 12.4 Å². The molecule has 118 valence electrons. The van der Waals surface area contributed by atoms with E-state index >= 15 is 0 Å². The number of pyridine rings is 1. The first-order valence-corrected chi connectivity index (χ1v) is 7.83. The first kappa shape index (κ1) is 16.2. The summed E-state index contributed by atoms with van der Waals surface area (Å²) < 4.78 is 0. The quantitative estimate of drug-likeness (QED) is 0.325. The molecule has 0 aliphatic carbocycles. The number of nitrogens with zero attached hydrogens (tertiary/aromatic N) is 1. The minimum Gasteiger partial charge on any atom is -0.248 e. The molecule has 0 aliphatic rings. The molecule has 0 spiro atoms. The maximum atomic E-state index is 4.81. The zero-order valence-electron chi connectivity index (χ0n) is 13.2. The summed E-state index contributed by atoms with van der Waals surface area (Å²) in [5, 5.41) is 2.36. The van der Waals surface area contributed by atoms with E-state index in [9.17, 15) is 0 Å². The second-order valence-corrected chi connectivity index (χ2v) is 5.72. The second kappa shape index (κ2) is 6.86. The fraction of sp³-hybridized carbons (Fsp3) is 0.0455. The van der Waals surface area contributed by atoms with Gasteiger partial charge in [0.25, 0.3) is 0 Å². The molecule has 0 fully saturated rings. The Kier molecular flexibility index (Phi) is 4.64. The van der Waals surface area contributed by atoms with Crippen LogP contribution < -0.4 is 0 Å². The Hall–Kier alpha value is -2.64. The van der Waals surface area contributed by atoms with Gasteiger partial charge in [-0.1, -0.05) is 66.7 Å². The largest absolute Gasteiger partial charge is 0.248 e. The zero-order valence-corrected chi connectivity index (χ0v) is 14.0. The van der Waals surface area contributed by atoms with Crippen LogP contribution in [0.1, 0.15) is 17.0 Å². The van der Waals surface area contributed by atoms with Crippen LogP contribution in [-0.4, -0.2) is 4.98 Å². The number of para-hydroxylation sites is 1. The van der Waals surface area contributed by atoms with Gasteiger partial charge < -0.3 is 0 Å². The van der Waals surface area contributed by atoms with Gasteiger partial charge in [-0.05, 0) is 29.3 Å². The van der Waals surface area contributed by atoms with E-state index in [1.807, 2.05) is 18.2 Å². The molecule has 1 aromatic heterocycles. The minimum absolute atomic E-state index is 0. The molecular weight excluding hydrogens is 314 g/mol. The van der Waals surface area contributed by atoms with Crippen LogP contribution in [0.4, 0.5) is 0 Å². The summed E-state index contributed by atoms with van der Waals surface area (Å²) in [5.74, 6) is 0.169. The minimum atomic E-state index is 0. The highest BCUT2D eigenvalue weighted by atomic mass is 35.5. The molecule has 24 heavy (non-hydrogen) atoms. The fourth-order valence-corrected chi connectivity index (χ4v) is 3.20. The Morgan fingerprint density at radius 3 is 2.29 bits per heavy atom. The van der Waals surface area contributed by atoms with E-state index in [1.54, 1.807) is 0 Å². The predicted octanol–water partition coefficient (Wildman–Crippen LogP) is 6.13. The Morgan fingerprint density at radius 2 is 1.50 bits per heavy atom. The van der Waals surface area contributed by atoms with E-state index < -0.39 is 0 Å². The number of halogens is 1. The third-order valence-electron chi connectivity index (χ3n) is 4.32. The smallest absolute Gasteiger partial charge is 0.0712 e. The molecule has 1 heterocycles. The van der Waals surface area contributed by atoms with Gasteiger partial charge in [0.05, 0.1) is 11.0 Å². The number of hydrogen-bond donors (Lipinski definition) is 0. The van der Waals surface area contributed by atoms with Crippen molar-refractivity contribution in [3.63, 3.8) is 0 Å². The van der Waals surface area contributed by atoms with Crippen molar-refractivity contribution in [1.29, 1.82) is 0 Å². The number of hydrogen-bond acceptors (Lipinski definition) is 1. The molecule has 0 saturated carbocycles. The Morgan fingerprint density at radius 1 is 0.792 bits per heavy atom. The molecule has 4 aromatic rings. The summed E-state index contributed by atoms with van der Waals surface area (Å²) in [5.41, 5.74) is 4.57. The maximum Gasteiger partial charge on any atom is 0.0712 e. The van der Waals surface area contributed by atoms with Gasteiger partial charge >= 0.3 is 0 Å². The summed E-state index contributed by atoms with van der Waals surface area (Å²) >= 11 is 0. The molecule has 0 bridgehead atoms. The molecule has 0 saturated heterocycles. The van der Waals surface area contributed by atoms with Crippen LogP contribution in [0, 0.1) is 0 Å². The van der Waals surface area contributed by atoms with Crippen LogP contribution in [0.5, 0.6) is 0 Å². The molecule has 0 N–H and O–H groups in total. The van der Waals surface area contributed by atoms with E-state index in [4.69, 9.17) is 4.98 Å². The number of fused-ring (bicyclic) bond motifs is 2. The lowest BCUT2D eigenvalue weighted by Crippen LogP contribution is -1.99. The molecule has 1 atom stereocenters. The van der Waals surface area contributed by atoms with Crippen LogP contribution in [0.3, 0.4) is 0 Å². The number of aromatic nitrogens is 1. The van der Waals surface area contributed by atoms with Gasteiger partial charge in [-0.25, -0.2) is 4.98 Å². The van der Waals surface area contributed by atoms with E-state index in [2.05, 4.69) is 73.3 Å². The summed E-state index contributed by atoms with van der Waals surface area (Å²) in [6, 6.07) is 27.3. The highest BCUT2D eigenvalue weighted by Gasteiger charge is 2.14. The number of benzene rings is 3. The zero-order chi connectivity index (χ0) is 15.6. The van der Waals surface area contributed by atoms with Crippen LogP contribution in [0.15, 0.2) is 91.5 Å². The molecule has 0 amide bonds. The summed E-state index contributed by atoms with van der Waals surface area (Å²) in [6.45, 7) is 4.06. The Labute approximate surface area is 148 Å². The van der Waals surface area contributed by atoms with Crippen molar-refractivity contribution in [3.05, 3.63) is 103 Å². The monoisotopic (exact) mass is 331 g/mol. The van der Waals surface area contributed by atoms with Gasteiger partial charge in [-0.2, -0.15) is 0 Å². The molecule has 0 aliphatic heterocycles. The van der Waals surface area contributed by atoms with Crippen molar-refractivity contribution < 1.29 is 0 Å². The third-order valence-corrected chi connectivity index (χ3v) is 4.32. The van der Waals surface area contributed by atoms with Crippen molar-refractivity contribution in [3.8, 4) is 0 Å². The topological polar surface area (TPSA) is 12.9 Å². The summed E-state index contributed by atoms with van der Waals surface area (Å²) in [6.07, 6.45) is 2.01. The highest BCUT2D eigenvalue weighted by molar-refractivity contribution is 5.94. The normalized spacial score (nSPS) is 11.8. The highest BCUT2D eigenvalue weighted by Crippen LogP contribution is 2.32. The van der Waals surface area contributed by atoms with Gasteiger partial charge in [0.2, 0.25) is 0 Å². The average molecular weight is 332 g/mol. The molecular formula is C22H18ClN.